The fourth-order valence-corrected chi connectivity index (χ4v) is 1.93. The fraction of sp³-hybridized carbons (Fsp3) is 0.692. The van der Waals surface area contributed by atoms with Gasteiger partial charge in [-0.15, -0.1) is 6.58 Å². The minimum absolute atomic E-state index is 0.0130. The van der Waals surface area contributed by atoms with E-state index in [4.69, 9.17) is 0 Å². The van der Waals surface area contributed by atoms with Crippen molar-refractivity contribution in [3.8, 4) is 0 Å². The van der Waals surface area contributed by atoms with Crippen LogP contribution in [0.1, 0.15) is 20.3 Å². The van der Waals surface area contributed by atoms with Gasteiger partial charge in [0.1, 0.15) is 6.10 Å². The molecule has 2 amide bonds. The number of aliphatic hydroxyl groups is 2. The van der Waals surface area contributed by atoms with E-state index in [1.54, 1.807) is 9.80 Å². The Labute approximate surface area is 113 Å². The molecule has 6 heteroatoms. The first-order valence-electron chi connectivity index (χ1n) is 6.37. The van der Waals surface area contributed by atoms with Gasteiger partial charge in [-0.1, -0.05) is 6.08 Å². The molecule has 0 radical (unpaired) electrons. The van der Waals surface area contributed by atoms with Crippen molar-refractivity contribution >= 4 is 11.8 Å². The molecule has 1 aliphatic rings. The van der Waals surface area contributed by atoms with Gasteiger partial charge in [0.25, 0.3) is 5.91 Å². The van der Waals surface area contributed by atoms with Crippen LogP contribution in [0.25, 0.3) is 0 Å². The summed E-state index contributed by atoms with van der Waals surface area (Å²) in [7, 11) is 0. The van der Waals surface area contributed by atoms with Crippen LogP contribution < -0.4 is 0 Å². The van der Waals surface area contributed by atoms with Crippen molar-refractivity contribution in [1.29, 1.82) is 0 Å². The Morgan fingerprint density at radius 1 is 1.32 bits per heavy atom. The molecule has 0 aromatic heterocycles. The Balaban J connectivity index is 2.48. The normalized spacial score (nSPS) is 20.6. The van der Waals surface area contributed by atoms with Crippen LogP contribution in [0.3, 0.4) is 0 Å². The van der Waals surface area contributed by atoms with Crippen molar-refractivity contribution in [3.05, 3.63) is 12.7 Å². The highest BCUT2D eigenvalue weighted by Crippen LogP contribution is 2.14. The van der Waals surface area contributed by atoms with E-state index < -0.39 is 11.7 Å². The van der Waals surface area contributed by atoms with E-state index in [1.807, 2.05) is 0 Å². The van der Waals surface area contributed by atoms with Gasteiger partial charge in [-0.2, -0.15) is 0 Å². The van der Waals surface area contributed by atoms with Crippen LogP contribution in [0.2, 0.25) is 0 Å². The second kappa shape index (κ2) is 6.16. The molecule has 1 heterocycles. The molecule has 0 aliphatic carbocycles. The van der Waals surface area contributed by atoms with Gasteiger partial charge in [0.2, 0.25) is 5.91 Å². The third kappa shape index (κ3) is 4.33. The number of aliphatic hydroxyl groups excluding tert-OH is 1. The molecule has 1 saturated heterocycles. The number of carbonyl (C=O) groups excluding carboxylic acids is 2. The molecule has 1 rings (SSSR count). The molecular formula is C13H22N2O4. The number of carbonyl (C=O) groups is 2. The minimum atomic E-state index is -1.20. The van der Waals surface area contributed by atoms with E-state index in [0.717, 1.165) is 0 Å². The van der Waals surface area contributed by atoms with Gasteiger partial charge in [-0.25, -0.2) is 0 Å². The van der Waals surface area contributed by atoms with Crippen LogP contribution in [-0.2, 0) is 9.59 Å². The second-order valence-corrected chi connectivity index (χ2v) is 5.12. The summed E-state index contributed by atoms with van der Waals surface area (Å²) in [5, 5.41) is 19.0. The van der Waals surface area contributed by atoms with E-state index >= 15 is 0 Å². The third-order valence-electron chi connectivity index (χ3n) is 3.25. The molecule has 0 spiro atoms. The van der Waals surface area contributed by atoms with Crippen LogP contribution in [0.15, 0.2) is 12.7 Å². The topological polar surface area (TPSA) is 81.1 Å². The largest absolute Gasteiger partial charge is 0.386 e. The fourth-order valence-electron chi connectivity index (χ4n) is 1.93. The van der Waals surface area contributed by atoms with Gasteiger partial charge in [0.05, 0.1) is 12.0 Å². The molecule has 0 aromatic carbocycles. The first kappa shape index (κ1) is 15.7. The van der Waals surface area contributed by atoms with E-state index in [1.165, 1.54) is 19.9 Å². The summed E-state index contributed by atoms with van der Waals surface area (Å²) in [6.45, 7) is 8.11. The molecule has 6 nitrogen and oxygen atoms in total. The zero-order valence-electron chi connectivity index (χ0n) is 11.5. The van der Waals surface area contributed by atoms with Crippen molar-refractivity contribution in [2.45, 2.75) is 32.0 Å². The van der Waals surface area contributed by atoms with E-state index in [9.17, 15) is 19.8 Å². The summed E-state index contributed by atoms with van der Waals surface area (Å²) >= 11 is 0. The Morgan fingerprint density at radius 3 is 2.21 bits per heavy atom. The third-order valence-corrected chi connectivity index (χ3v) is 3.25. The molecular weight excluding hydrogens is 248 g/mol. The molecule has 0 unspecified atom stereocenters. The molecule has 1 fully saturated rings. The Kier molecular flexibility index (Phi) is 5.08. The maximum atomic E-state index is 11.9. The van der Waals surface area contributed by atoms with Gasteiger partial charge >= 0.3 is 0 Å². The summed E-state index contributed by atoms with van der Waals surface area (Å²) in [5.41, 5.74) is -1.20. The highest BCUT2D eigenvalue weighted by Gasteiger charge is 2.29. The van der Waals surface area contributed by atoms with Gasteiger partial charge in [0, 0.05) is 26.2 Å². The van der Waals surface area contributed by atoms with Gasteiger partial charge < -0.3 is 20.0 Å². The molecule has 108 valence electrons. The predicted octanol–water partition coefficient (Wildman–Crippen LogP) is -0.635. The Morgan fingerprint density at radius 2 is 1.79 bits per heavy atom. The average Bonchev–Trinajstić information content (AvgIpc) is 2.37. The first-order valence-corrected chi connectivity index (χ1v) is 6.37. The van der Waals surface area contributed by atoms with Crippen LogP contribution in [0, 0.1) is 0 Å². The quantitative estimate of drug-likeness (QED) is 0.666. The molecule has 1 aliphatic heterocycles. The summed E-state index contributed by atoms with van der Waals surface area (Å²) in [6.07, 6.45) is 0.322. The van der Waals surface area contributed by atoms with E-state index in [-0.39, 0.29) is 18.2 Å². The monoisotopic (exact) mass is 270 g/mol. The number of hydrogen-bond acceptors (Lipinski definition) is 4. The highest BCUT2D eigenvalue weighted by molar-refractivity contribution is 5.81. The second-order valence-electron chi connectivity index (χ2n) is 5.12. The van der Waals surface area contributed by atoms with Crippen molar-refractivity contribution in [2.24, 2.45) is 0 Å². The Hall–Kier alpha value is -1.40. The van der Waals surface area contributed by atoms with Gasteiger partial charge in [-0.05, 0) is 13.8 Å². The molecule has 0 aromatic rings. The van der Waals surface area contributed by atoms with Crippen LogP contribution in [0.4, 0.5) is 0 Å². The summed E-state index contributed by atoms with van der Waals surface area (Å²) < 4.78 is 0. The van der Waals surface area contributed by atoms with Crippen molar-refractivity contribution < 1.29 is 19.8 Å². The number of piperazine rings is 1. The van der Waals surface area contributed by atoms with Crippen LogP contribution in [0.5, 0.6) is 0 Å². The average molecular weight is 270 g/mol. The standard InChI is InChI=1S/C13H22N2O4/c1-4-13(3,19)9-11(17)14-5-7-15(8-6-14)12(18)10(2)16/h4,10,16,19H,1,5-9H2,2-3H3/t10-,13+/m0/s1. The van der Waals surface area contributed by atoms with Crippen LogP contribution in [-0.4, -0.2) is 69.7 Å². The maximum Gasteiger partial charge on any atom is 0.251 e. The van der Waals surface area contributed by atoms with Crippen molar-refractivity contribution in [1.82, 2.24) is 9.80 Å². The molecule has 2 N–H and O–H groups in total. The molecule has 2 atom stereocenters. The smallest absolute Gasteiger partial charge is 0.251 e. The maximum absolute atomic E-state index is 11.9. The van der Waals surface area contributed by atoms with Gasteiger partial charge in [-0.3, -0.25) is 9.59 Å². The number of rotatable bonds is 4. The van der Waals surface area contributed by atoms with E-state index in [2.05, 4.69) is 6.58 Å². The lowest BCUT2D eigenvalue weighted by Gasteiger charge is -2.36. The first-order chi connectivity index (χ1) is 8.76. The lowest BCUT2D eigenvalue weighted by molar-refractivity contribution is -0.145. The predicted molar refractivity (Wildman–Crippen MR) is 70.3 cm³/mol. The summed E-state index contributed by atoms with van der Waals surface area (Å²) in [4.78, 5) is 26.7. The summed E-state index contributed by atoms with van der Waals surface area (Å²) in [5.74, 6) is -0.473. The summed E-state index contributed by atoms with van der Waals surface area (Å²) in [6, 6.07) is 0. The number of amides is 2. The SMILES string of the molecule is C=C[C@@](C)(O)CC(=O)N1CCN(C(=O)[C@H](C)O)CC1. The molecule has 0 saturated carbocycles. The van der Waals surface area contributed by atoms with Crippen LogP contribution >= 0.6 is 0 Å². The number of nitrogens with zero attached hydrogens (tertiary/aromatic N) is 2. The Bertz CT molecular complexity index is 358. The zero-order valence-corrected chi connectivity index (χ0v) is 11.5. The molecule has 0 bridgehead atoms. The van der Waals surface area contributed by atoms with Crippen molar-refractivity contribution in [3.63, 3.8) is 0 Å². The van der Waals surface area contributed by atoms with Crippen molar-refractivity contribution in [2.75, 3.05) is 26.2 Å². The lowest BCUT2D eigenvalue weighted by Crippen LogP contribution is -2.53. The van der Waals surface area contributed by atoms with Gasteiger partial charge in [0.15, 0.2) is 0 Å². The molecule has 19 heavy (non-hydrogen) atoms. The lowest BCUT2D eigenvalue weighted by atomic mass is 10.0. The highest BCUT2D eigenvalue weighted by atomic mass is 16.3. The zero-order chi connectivity index (χ0) is 14.6. The number of hydrogen-bond donors (Lipinski definition) is 2. The minimum Gasteiger partial charge on any atom is -0.386 e. The van der Waals surface area contributed by atoms with E-state index in [0.29, 0.717) is 26.2 Å².